The van der Waals surface area contributed by atoms with E-state index in [1.54, 1.807) is 12.1 Å². The van der Waals surface area contributed by atoms with Crippen molar-refractivity contribution in [1.82, 2.24) is 15.0 Å². The molecule has 0 radical (unpaired) electrons. The van der Waals surface area contributed by atoms with Gasteiger partial charge >= 0.3 is 0 Å². The Labute approximate surface area is 85.8 Å². The van der Waals surface area contributed by atoms with E-state index in [4.69, 9.17) is 17.3 Å². The van der Waals surface area contributed by atoms with Gasteiger partial charge in [-0.3, -0.25) is 0 Å². The van der Waals surface area contributed by atoms with Gasteiger partial charge < -0.3 is 5.73 Å². The molecule has 5 heteroatoms. The van der Waals surface area contributed by atoms with Gasteiger partial charge in [-0.15, -0.1) is 0 Å². The molecule has 1 aromatic heterocycles. The summed E-state index contributed by atoms with van der Waals surface area (Å²) in [5.41, 5.74) is 7.00. The average molecular weight is 207 g/mol. The van der Waals surface area contributed by atoms with Crippen LogP contribution in [0.25, 0.3) is 11.4 Å². The van der Waals surface area contributed by atoms with Crippen LogP contribution in [0.3, 0.4) is 0 Å². The molecule has 0 fully saturated rings. The van der Waals surface area contributed by atoms with Crippen LogP contribution in [0, 0.1) is 0 Å². The SMILES string of the molecule is Nc1cc(-c2ncncn2)ccc1Cl. The second kappa shape index (κ2) is 3.59. The molecule has 0 atom stereocenters. The van der Waals surface area contributed by atoms with Crippen LogP contribution in [-0.4, -0.2) is 15.0 Å². The molecule has 0 bridgehead atoms. The van der Waals surface area contributed by atoms with Crippen molar-refractivity contribution in [2.24, 2.45) is 0 Å². The molecule has 4 nitrogen and oxygen atoms in total. The average Bonchev–Trinajstić information content (AvgIpc) is 2.23. The molecule has 0 aliphatic heterocycles. The molecule has 14 heavy (non-hydrogen) atoms. The summed E-state index contributed by atoms with van der Waals surface area (Å²) in [4.78, 5) is 11.7. The molecule has 70 valence electrons. The predicted octanol–water partition coefficient (Wildman–Crippen LogP) is 1.77. The first-order valence-electron chi connectivity index (χ1n) is 3.95. The van der Waals surface area contributed by atoms with Crippen LogP contribution in [0.2, 0.25) is 5.02 Å². The van der Waals surface area contributed by atoms with Crippen molar-refractivity contribution in [3.8, 4) is 11.4 Å². The van der Waals surface area contributed by atoms with E-state index in [1.165, 1.54) is 12.7 Å². The smallest absolute Gasteiger partial charge is 0.162 e. The van der Waals surface area contributed by atoms with Crippen molar-refractivity contribution in [3.63, 3.8) is 0 Å². The van der Waals surface area contributed by atoms with Crippen molar-refractivity contribution in [3.05, 3.63) is 35.9 Å². The lowest BCUT2D eigenvalue weighted by Crippen LogP contribution is -1.91. The molecule has 0 aliphatic carbocycles. The lowest BCUT2D eigenvalue weighted by Gasteiger charge is -2.01. The largest absolute Gasteiger partial charge is 0.398 e. The molecule has 1 aromatic carbocycles. The fourth-order valence-electron chi connectivity index (χ4n) is 1.07. The number of rotatable bonds is 1. The number of hydrogen-bond acceptors (Lipinski definition) is 4. The van der Waals surface area contributed by atoms with Gasteiger partial charge in [-0.05, 0) is 18.2 Å². The van der Waals surface area contributed by atoms with Gasteiger partial charge in [0.15, 0.2) is 5.82 Å². The minimum Gasteiger partial charge on any atom is -0.398 e. The van der Waals surface area contributed by atoms with Gasteiger partial charge in [0.2, 0.25) is 0 Å². The van der Waals surface area contributed by atoms with E-state index in [0.717, 1.165) is 5.56 Å². The third-order valence-electron chi connectivity index (χ3n) is 1.75. The summed E-state index contributed by atoms with van der Waals surface area (Å²) < 4.78 is 0. The van der Waals surface area contributed by atoms with Crippen LogP contribution in [-0.2, 0) is 0 Å². The van der Waals surface area contributed by atoms with E-state index >= 15 is 0 Å². The Balaban J connectivity index is 2.48. The second-order valence-corrected chi connectivity index (χ2v) is 3.11. The summed E-state index contributed by atoms with van der Waals surface area (Å²) in [6.07, 6.45) is 2.88. The van der Waals surface area contributed by atoms with Crippen molar-refractivity contribution >= 4 is 17.3 Å². The molecule has 0 amide bonds. The molecule has 2 aromatic rings. The molecular formula is C9H7ClN4. The Morgan fingerprint density at radius 2 is 1.86 bits per heavy atom. The Bertz CT molecular complexity index is 444. The Morgan fingerprint density at radius 3 is 2.50 bits per heavy atom. The lowest BCUT2D eigenvalue weighted by molar-refractivity contribution is 1.06. The van der Waals surface area contributed by atoms with Crippen LogP contribution >= 0.6 is 11.6 Å². The Hall–Kier alpha value is -1.68. The molecule has 0 spiro atoms. The van der Waals surface area contributed by atoms with Gasteiger partial charge in [0.25, 0.3) is 0 Å². The molecule has 0 aliphatic rings. The number of anilines is 1. The van der Waals surface area contributed by atoms with Gasteiger partial charge in [0, 0.05) is 5.56 Å². The minimum absolute atomic E-state index is 0.518. The summed E-state index contributed by atoms with van der Waals surface area (Å²) in [6, 6.07) is 5.27. The third-order valence-corrected chi connectivity index (χ3v) is 2.09. The molecule has 0 saturated heterocycles. The van der Waals surface area contributed by atoms with Gasteiger partial charge in [-0.2, -0.15) is 0 Å². The first-order valence-corrected chi connectivity index (χ1v) is 4.32. The lowest BCUT2D eigenvalue weighted by atomic mass is 10.2. The van der Waals surface area contributed by atoms with E-state index < -0.39 is 0 Å². The Morgan fingerprint density at radius 1 is 1.14 bits per heavy atom. The van der Waals surface area contributed by atoms with E-state index in [0.29, 0.717) is 16.5 Å². The highest BCUT2D eigenvalue weighted by molar-refractivity contribution is 6.33. The quantitative estimate of drug-likeness (QED) is 0.723. The Kier molecular flexibility index (Phi) is 2.28. The summed E-state index contributed by atoms with van der Waals surface area (Å²) in [7, 11) is 0. The zero-order valence-corrected chi connectivity index (χ0v) is 7.94. The molecule has 0 saturated carbocycles. The zero-order valence-electron chi connectivity index (χ0n) is 7.18. The van der Waals surface area contributed by atoms with Crippen molar-refractivity contribution in [2.45, 2.75) is 0 Å². The number of hydrogen-bond donors (Lipinski definition) is 1. The number of benzene rings is 1. The van der Waals surface area contributed by atoms with Crippen LogP contribution in [0.1, 0.15) is 0 Å². The summed E-state index contributed by atoms with van der Waals surface area (Å²) >= 11 is 5.79. The van der Waals surface area contributed by atoms with Crippen LogP contribution in [0.4, 0.5) is 5.69 Å². The number of nitrogen functional groups attached to an aromatic ring is 1. The van der Waals surface area contributed by atoms with E-state index in [2.05, 4.69) is 15.0 Å². The number of nitrogens with zero attached hydrogens (tertiary/aromatic N) is 3. The first-order chi connectivity index (χ1) is 6.77. The normalized spacial score (nSPS) is 10.1. The topological polar surface area (TPSA) is 64.7 Å². The highest BCUT2D eigenvalue weighted by Crippen LogP contribution is 2.23. The number of aromatic nitrogens is 3. The summed E-state index contributed by atoms with van der Waals surface area (Å²) in [6.45, 7) is 0. The third kappa shape index (κ3) is 1.65. The van der Waals surface area contributed by atoms with Crippen molar-refractivity contribution < 1.29 is 0 Å². The zero-order chi connectivity index (χ0) is 9.97. The molecule has 2 rings (SSSR count). The van der Waals surface area contributed by atoms with Crippen LogP contribution < -0.4 is 5.73 Å². The maximum atomic E-state index is 5.79. The van der Waals surface area contributed by atoms with Crippen molar-refractivity contribution in [2.75, 3.05) is 5.73 Å². The first kappa shape index (κ1) is 8.90. The summed E-state index contributed by atoms with van der Waals surface area (Å²) in [5.74, 6) is 0.586. The molecule has 1 heterocycles. The molecule has 2 N–H and O–H groups in total. The van der Waals surface area contributed by atoms with Crippen molar-refractivity contribution in [1.29, 1.82) is 0 Å². The standard InChI is InChI=1S/C9H7ClN4/c10-7-2-1-6(3-8(7)11)9-13-4-12-5-14-9/h1-5H,11H2. The monoisotopic (exact) mass is 206 g/mol. The van der Waals surface area contributed by atoms with Gasteiger partial charge in [0.05, 0.1) is 10.7 Å². The second-order valence-electron chi connectivity index (χ2n) is 2.70. The fraction of sp³-hybridized carbons (Fsp3) is 0. The predicted molar refractivity (Wildman–Crippen MR) is 54.7 cm³/mol. The summed E-state index contributed by atoms with van der Waals surface area (Å²) in [5, 5.41) is 0.530. The van der Waals surface area contributed by atoms with Gasteiger partial charge in [0.1, 0.15) is 12.7 Å². The van der Waals surface area contributed by atoms with Crippen LogP contribution in [0.5, 0.6) is 0 Å². The number of halogens is 1. The minimum atomic E-state index is 0.518. The fourth-order valence-corrected chi connectivity index (χ4v) is 1.19. The number of nitrogens with two attached hydrogens (primary N) is 1. The maximum absolute atomic E-state index is 5.79. The highest BCUT2D eigenvalue weighted by atomic mass is 35.5. The van der Waals surface area contributed by atoms with E-state index in [9.17, 15) is 0 Å². The van der Waals surface area contributed by atoms with E-state index in [1.807, 2.05) is 6.07 Å². The molecule has 0 unspecified atom stereocenters. The van der Waals surface area contributed by atoms with Crippen LogP contribution in [0.15, 0.2) is 30.9 Å². The van der Waals surface area contributed by atoms with E-state index in [-0.39, 0.29) is 0 Å². The highest BCUT2D eigenvalue weighted by Gasteiger charge is 2.02. The van der Waals surface area contributed by atoms with Gasteiger partial charge in [-0.1, -0.05) is 11.6 Å². The maximum Gasteiger partial charge on any atom is 0.162 e. The van der Waals surface area contributed by atoms with Gasteiger partial charge in [-0.25, -0.2) is 15.0 Å². The molecular weight excluding hydrogens is 200 g/mol.